The van der Waals surface area contributed by atoms with Crippen LogP contribution in [0.2, 0.25) is 10.0 Å². The van der Waals surface area contributed by atoms with Gasteiger partial charge < -0.3 is 5.32 Å². The lowest BCUT2D eigenvalue weighted by Crippen LogP contribution is -2.24. The van der Waals surface area contributed by atoms with Crippen molar-refractivity contribution in [3.05, 3.63) is 69.2 Å². The number of benzene rings is 2. The maximum absolute atomic E-state index is 12.9. The zero-order valence-electron chi connectivity index (χ0n) is 12.7. The molecule has 128 valence electrons. The predicted octanol–water partition coefficient (Wildman–Crippen LogP) is 3.96. The minimum absolute atomic E-state index is 0.210. The number of halogens is 2. The number of rotatable bonds is 3. The van der Waals surface area contributed by atoms with Crippen molar-refractivity contribution in [3.8, 4) is 0 Å². The summed E-state index contributed by atoms with van der Waals surface area (Å²) in [6, 6.07) is 9.68. The molecule has 25 heavy (non-hydrogen) atoms. The summed E-state index contributed by atoms with van der Waals surface area (Å²) in [4.78, 5) is 12.0. The van der Waals surface area contributed by atoms with Crippen molar-refractivity contribution >= 4 is 50.5 Å². The molecule has 0 aromatic heterocycles. The normalized spacial score (nSPS) is 18.4. The summed E-state index contributed by atoms with van der Waals surface area (Å²) in [5, 5.41) is 2.59. The molecule has 0 bridgehead atoms. The number of allylic oxidation sites excluding steroid dienone is 1. The molecule has 0 spiro atoms. The maximum atomic E-state index is 12.9. The third-order valence-corrected chi connectivity index (χ3v) is 6.75. The van der Waals surface area contributed by atoms with Crippen molar-refractivity contribution in [3.63, 3.8) is 0 Å². The molecule has 0 radical (unpaired) electrons. The number of carbonyl (C=O) groups excluding carboxylic acids is 1. The van der Waals surface area contributed by atoms with Crippen LogP contribution >= 0.6 is 23.2 Å². The highest BCUT2D eigenvalue weighted by Gasteiger charge is 2.37. The quantitative estimate of drug-likeness (QED) is 0.826. The monoisotopic (exact) mass is 394 g/mol. The SMILES string of the molecule is O=C1NC2=CCC(S(=O)(=O)Nc3ccc(Cl)c(Cl)c3)c3cccc1c32. The van der Waals surface area contributed by atoms with Gasteiger partial charge in [0.2, 0.25) is 10.0 Å². The zero-order valence-corrected chi connectivity index (χ0v) is 15.0. The Morgan fingerprint density at radius 2 is 1.92 bits per heavy atom. The minimum atomic E-state index is -3.74. The first-order valence-electron chi connectivity index (χ1n) is 7.48. The molecule has 1 aliphatic carbocycles. The topological polar surface area (TPSA) is 75.3 Å². The van der Waals surface area contributed by atoms with Crippen molar-refractivity contribution in [2.75, 3.05) is 4.72 Å². The van der Waals surface area contributed by atoms with E-state index in [1.54, 1.807) is 30.3 Å². The van der Waals surface area contributed by atoms with E-state index in [4.69, 9.17) is 23.2 Å². The van der Waals surface area contributed by atoms with E-state index in [1.807, 2.05) is 0 Å². The molecular formula is C17H12Cl2N2O3S. The molecule has 8 heteroatoms. The van der Waals surface area contributed by atoms with E-state index in [0.29, 0.717) is 33.1 Å². The Hall–Kier alpha value is -2.02. The van der Waals surface area contributed by atoms with E-state index in [-0.39, 0.29) is 17.4 Å². The van der Waals surface area contributed by atoms with Crippen LogP contribution in [-0.2, 0) is 10.0 Å². The molecule has 0 saturated carbocycles. The summed E-state index contributed by atoms with van der Waals surface area (Å²) in [7, 11) is -3.74. The molecule has 1 unspecified atom stereocenters. The molecule has 2 aromatic rings. The largest absolute Gasteiger partial charge is 0.322 e. The van der Waals surface area contributed by atoms with Crippen molar-refractivity contribution in [2.45, 2.75) is 11.7 Å². The smallest absolute Gasteiger partial charge is 0.256 e. The van der Waals surface area contributed by atoms with Crippen LogP contribution in [-0.4, -0.2) is 14.3 Å². The van der Waals surface area contributed by atoms with Gasteiger partial charge in [0.25, 0.3) is 5.91 Å². The zero-order chi connectivity index (χ0) is 17.8. The van der Waals surface area contributed by atoms with E-state index < -0.39 is 15.3 Å². The van der Waals surface area contributed by atoms with Crippen LogP contribution in [0.1, 0.15) is 33.2 Å². The van der Waals surface area contributed by atoms with E-state index in [2.05, 4.69) is 10.0 Å². The molecule has 2 N–H and O–H groups in total. The number of hydrogen-bond acceptors (Lipinski definition) is 3. The molecule has 2 aromatic carbocycles. The molecule has 2 aliphatic rings. The van der Waals surface area contributed by atoms with Crippen molar-refractivity contribution in [2.24, 2.45) is 0 Å². The molecule has 1 amide bonds. The highest BCUT2D eigenvalue weighted by molar-refractivity contribution is 7.93. The van der Waals surface area contributed by atoms with Crippen LogP contribution in [0.3, 0.4) is 0 Å². The minimum Gasteiger partial charge on any atom is -0.322 e. The van der Waals surface area contributed by atoms with Crippen LogP contribution in [0.4, 0.5) is 5.69 Å². The second-order valence-corrected chi connectivity index (χ2v) is 8.52. The van der Waals surface area contributed by atoms with E-state index >= 15 is 0 Å². The number of sulfonamides is 1. The number of amides is 1. The molecule has 0 saturated heterocycles. The summed E-state index contributed by atoms with van der Waals surface area (Å²) in [5.74, 6) is -0.210. The van der Waals surface area contributed by atoms with Crippen LogP contribution in [0.5, 0.6) is 0 Å². The molecule has 1 aliphatic heterocycles. The Kier molecular flexibility index (Phi) is 3.79. The lowest BCUT2D eigenvalue weighted by Gasteiger charge is -2.24. The fourth-order valence-corrected chi connectivity index (χ4v) is 4.95. The Bertz CT molecular complexity index is 1050. The van der Waals surface area contributed by atoms with Gasteiger partial charge in [-0.05, 0) is 36.2 Å². The Morgan fingerprint density at radius 3 is 2.68 bits per heavy atom. The summed E-state index contributed by atoms with van der Waals surface area (Å²) in [5.41, 5.74) is 2.80. The van der Waals surface area contributed by atoms with Gasteiger partial charge in [-0.2, -0.15) is 0 Å². The summed E-state index contributed by atoms with van der Waals surface area (Å²) < 4.78 is 28.4. The second-order valence-electron chi connectivity index (χ2n) is 5.84. The molecule has 4 rings (SSSR count). The number of hydrogen-bond donors (Lipinski definition) is 2. The highest BCUT2D eigenvalue weighted by Crippen LogP contribution is 2.41. The van der Waals surface area contributed by atoms with E-state index in [1.165, 1.54) is 12.1 Å². The van der Waals surface area contributed by atoms with Crippen molar-refractivity contribution < 1.29 is 13.2 Å². The van der Waals surface area contributed by atoms with Crippen LogP contribution in [0.25, 0.3) is 5.70 Å². The lowest BCUT2D eigenvalue weighted by molar-refractivity contribution is 0.0981. The summed E-state index contributed by atoms with van der Waals surface area (Å²) >= 11 is 11.8. The molecule has 0 fully saturated rings. The number of carbonyl (C=O) groups is 1. The predicted molar refractivity (Wildman–Crippen MR) is 98.2 cm³/mol. The van der Waals surface area contributed by atoms with Crippen LogP contribution < -0.4 is 10.0 Å². The second kappa shape index (κ2) is 5.76. The van der Waals surface area contributed by atoms with Gasteiger partial charge in [0.1, 0.15) is 5.25 Å². The van der Waals surface area contributed by atoms with Crippen molar-refractivity contribution in [1.82, 2.24) is 5.32 Å². The summed E-state index contributed by atoms with van der Waals surface area (Å²) in [6.45, 7) is 0. The average molecular weight is 395 g/mol. The van der Waals surface area contributed by atoms with Crippen LogP contribution in [0.15, 0.2) is 42.5 Å². The Morgan fingerprint density at radius 1 is 1.12 bits per heavy atom. The number of nitrogens with one attached hydrogen (secondary N) is 2. The molecule has 1 atom stereocenters. The summed E-state index contributed by atoms with van der Waals surface area (Å²) in [6.07, 6.45) is 2.01. The van der Waals surface area contributed by atoms with Gasteiger partial charge in [-0.3, -0.25) is 9.52 Å². The first kappa shape index (κ1) is 16.4. The van der Waals surface area contributed by atoms with E-state index in [9.17, 15) is 13.2 Å². The Labute approximate surface area is 154 Å². The van der Waals surface area contributed by atoms with Gasteiger partial charge in [0.15, 0.2) is 0 Å². The highest BCUT2D eigenvalue weighted by atomic mass is 35.5. The first-order chi connectivity index (χ1) is 11.9. The van der Waals surface area contributed by atoms with Gasteiger partial charge >= 0.3 is 0 Å². The van der Waals surface area contributed by atoms with Gasteiger partial charge in [0.05, 0.1) is 15.7 Å². The molecule has 1 heterocycles. The standard InChI is InChI=1S/C17H12Cl2N2O3S/c18-12-5-4-9(8-13(12)19)21-25(23,24)15-7-6-14-16-10(15)2-1-3-11(16)17(22)20-14/h1-6,8,15,21H,7H2,(H,20,22). The first-order valence-corrected chi connectivity index (χ1v) is 9.78. The van der Waals surface area contributed by atoms with Gasteiger partial charge in [0, 0.05) is 16.8 Å². The van der Waals surface area contributed by atoms with Crippen molar-refractivity contribution in [1.29, 1.82) is 0 Å². The van der Waals surface area contributed by atoms with Crippen LogP contribution in [0, 0.1) is 0 Å². The average Bonchev–Trinajstić information content (AvgIpc) is 2.89. The van der Waals surface area contributed by atoms with E-state index in [0.717, 1.165) is 0 Å². The fourth-order valence-electron chi connectivity index (χ4n) is 3.17. The number of anilines is 1. The third-order valence-electron chi connectivity index (χ3n) is 4.30. The molecule has 5 nitrogen and oxygen atoms in total. The Balaban J connectivity index is 1.74. The van der Waals surface area contributed by atoms with Gasteiger partial charge in [-0.25, -0.2) is 8.42 Å². The molecular weight excluding hydrogens is 383 g/mol. The van der Waals surface area contributed by atoms with Gasteiger partial charge in [-0.1, -0.05) is 41.4 Å². The lowest BCUT2D eigenvalue weighted by atomic mass is 9.93. The fraction of sp³-hybridized carbons (Fsp3) is 0.118. The third kappa shape index (κ3) is 2.70. The van der Waals surface area contributed by atoms with Gasteiger partial charge in [-0.15, -0.1) is 0 Å². The maximum Gasteiger partial charge on any atom is 0.256 e.